The third-order valence-electron chi connectivity index (χ3n) is 2.13. The molecule has 16 heavy (non-hydrogen) atoms. The van der Waals surface area contributed by atoms with E-state index in [0.717, 1.165) is 27.6 Å². The molecule has 1 aromatic rings. The molecule has 0 bridgehead atoms. The minimum absolute atomic E-state index is 0.108. The molecule has 0 spiro atoms. The van der Waals surface area contributed by atoms with Crippen LogP contribution >= 0.6 is 11.8 Å². The Morgan fingerprint density at radius 1 is 1.50 bits per heavy atom. The molecule has 1 heterocycles. The number of aromatic nitrogens is 1. The number of pyridine rings is 1. The van der Waals surface area contributed by atoms with Crippen molar-refractivity contribution in [1.29, 1.82) is 5.41 Å². The number of aryl methyl sites for hydroxylation is 2. The Hall–Kier alpha value is -1.03. The van der Waals surface area contributed by atoms with Crippen LogP contribution in [0.15, 0.2) is 11.1 Å². The lowest BCUT2D eigenvalue weighted by Gasteiger charge is -2.12. The summed E-state index contributed by atoms with van der Waals surface area (Å²) in [6.07, 6.45) is 0. The van der Waals surface area contributed by atoms with Gasteiger partial charge in [-0.15, -0.1) is 11.8 Å². The summed E-state index contributed by atoms with van der Waals surface area (Å²) < 4.78 is 0. The van der Waals surface area contributed by atoms with Gasteiger partial charge in [0.05, 0.1) is 5.56 Å². The van der Waals surface area contributed by atoms with Crippen LogP contribution in [0.25, 0.3) is 0 Å². The lowest BCUT2D eigenvalue weighted by atomic mass is 10.1. The number of hydrogen-bond donors (Lipinski definition) is 2. The van der Waals surface area contributed by atoms with Gasteiger partial charge < -0.3 is 5.73 Å². The number of hydrogen-bond acceptors (Lipinski definition) is 3. The molecule has 0 aliphatic heterocycles. The summed E-state index contributed by atoms with van der Waals surface area (Å²) in [6, 6.07) is 1.97. The van der Waals surface area contributed by atoms with Gasteiger partial charge in [-0.3, -0.25) is 5.41 Å². The monoisotopic (exact) mass is 237 g/mol. The SMILES string of the molecule is Cc1cc(C)c(C(=N)N)c(SCC(C)C)n1. The van der Waals surface area contributed by atoms with Gasteiger partial charge in [0, 0.05) is 11.4 Å². The van der Waals surface area contributed by atoms with Crippen LogP contribution in [0.4, 0.5) is 0 Å². The zero-order chi connectivity index (χ0) is 12.3. The minimum atomic E-state index is 0.108. The van der Waals surface area contributed by atoms with Gasteiger partial charge in [-0.2, -0.15) is 0 Å². The van der Waals surface area contributed by atoms with Crippen molar-refractivity contribution in [2.45, 2.75) is 32.7 Å². The highest BCUT2D eigenvalue weighted by Crippen LogP contribution is 2.25. The molecular weight excluding hydrogens is 218 g/mol. The molecule has 0 atom stereocenters. The number of amidine groups is 1. The van der Waals surface area contributed by atoms with Gasteiger partial charge in [0.25, 0.3) is 0 Å². The standard InChI is InChI=1S/C12H19N3S/c1-7(2)6-16-12-10(11(13)14)8(3)5-9(4)15-12/h5,7H,6H2,1-4H3,(H3,13,14). The molecule has 0 saturated carbocycles. The molecule has 3 nitrogen and oxygen atoms in total. The van der Waals surface area contributed by atoms with Gasteiger partial charge >= 0.3 is 0 Å². The Bertz CT molecular complexity index is 399. The van der Waals surface area contributed by atoms with Crippen LogP contribution in [0.2, 0.25) is 0 Å². The van der Waals surface area contributed by atoms with Crippen molar-refractivity contribution in [1.82, 2.24) is 4.98 Å². The fraction of sp³-hybridized carbons (Fsp3) is 0.500. The number of nitrogens with two attached hydrogens (primary N) is 1. The van der Waals surface area contributed by atoms with E-state index in [1.807, 2.05) is 19.9 Å². The summed E-state index contributed by atoms with van der Waals surface area (Å²) in [5.41, 5.74) is 8.40. The second kappa shape index (κ2) is 5.34. The molecule has 0 aliphatic carbocycles. The van der Waals surface area contributed by atoms with Crippen LogP contribution < -0.4 is 5.73 Å². The van der Waals surface area contributed by atoms with Crippen molar-refractivity contribution in [3.05, 3.63) is 22.9 Å². The normalized spacial score (nSPS) is 10.8. The average Bonchev–Trinajstić information content (AvgIpc) is 2.12. The van der Waals surface area contributed by atoms with Crippen molar-refractivity contribution in [3.63, 3.8) is 0 Å². The average molecular weight is 237 g/mol. The van der Waals surface area contributed by atoms with E-state index in [0.29, 0.717) is 5.92 Å². The molecule has 4 heteroatoms. The summed E-state index contributed by atoms with van der Waals surface area (Å²) in [7, 11) is 0. The van der Waals surface area contributed by atoms with Crippen LogP contribution in [0.3, 0.4) is 0 Å². The van der Waals surface area contributed by atoms with Crippen molar-refractivity contribution in [2.75, 3.05) is 5.75 Å². The summed E-state index contributed by atoms with van der Waals surface area (Å²) in [4.78, 5) is 4.47. The van der Waals surface area contributed by atoms with Crippen molar-refractivity contribution in [3.8, 4) is 0 Å². The van der Waals surface area contributed by atoms with E-state index in [9.17, 15) is 0 Å². The van der Waals surface area contributed by atoms with E-state index >= 15 is 0 Å². The Morgan fingerprint density at radius 2 is 2.12 bits per heavy atom. The van der Waals surface area contributed by atoms with Crippen LogP contribution in [0.5, 0.6) is 0 Å². The smallest absolute Gasteiger partial charge is 0.125 e. The minimum Gasteiger partial charge on any atom is -0.384 e. The molecule has 0 aliphatic rings. The quantitative estimate of drug-likeness (QED) is 0.481. The lowest BCUT2D eigenvalue weighted by molar-refractivity contribution is 0.749. The van der Waals surface area contributed by atoms with Gasteiger partial charge in [-0.25, -0.2) is 4.98 Å². The van der Waals surface area contributed by atoms with E-state index in [-0.39, 0.29) is 5.84 Å². The summed E-state index contributed by atoms with van der Waals surface area (Å²) in [5.74, 6) is 1.71. The molecule has 3 N–H and O–H groups in total. The van der Waals surface area contributed by atoms with Crippen molar-refractivity contribution in [2.24, 2.45) is 11.7 Å². The predicted octanol–water partition coefficient (Wildman–Crippen LogP) is 2.73. The fourth-order valence-electron chi connectivity index (χ4n) is 1.48. The number of nitrogen functional groups attached to an aromatic ring is 1. The van der Waals surface area contributed by atoms with Crippen molar-refractivity contribution >= 4 is 17.6 Å². The molecule has 0 aromatic carbocycles. The Morgan fingerprint density at radius 3 is 2.62 bits per heavy atom. The molecule has 0 radical (unpaired) electrons. The largest absolute Gasteiger partial charge is 0.384 e. The van der Waals surface area contributed by atoms with Gasteiger partial charge in [0.15, 0.2) is 0 Å². The Kier molecular flexibility index (Phi) is 4.35. The topological polar surface area (TPSA) is 62.8 Å². The van der Waals surface area contributed by atoms with Crippen LogP contribution in [-0.2, 0) is 0 Å². The second-order valence-electron chi connectivity index (χ2n) is 4.38. The fourth-order valence-corrected chi connectivity index (χ4v) is 2.60. The number of nitrogens with zero attached hydrogens (tertiary/aromatic N) is 1. The number of rotatable bonds is 4. The molecule has 88 valence electrons. The maximum atomic E-state index is 7.60. The van der Waals surface area contributed by atoms with Crippen LogP contribution in [0.1, 0.15) is 30.7 Å². The third-order valence-corrected chi connectivity index (χ3v) is 3.54. The second-order valence-corrected chi connectivity index (χ2v) is 5.39. The van der Waals surface area contributed by atoms with Crippen LogP contribution in [-0.4, -0.2) is 16.6 Å². The van der Waals surface area contributed by atoms with E-state index in [1.165, 1.54) is 0 Å². The molecule has 1 aromatic heterocycles. The maximum Gasteiger partial charge on any atom is 0.125 e. The molecule has 0 amide bonds. The number of nitrogens with one attached hydrogen (secondary N) is 1. The van der Waals surface area contributed by atoms with Gasteiger partial charge in [-0.1, -0.05) is 13.8 Å². The molecule has 0 saturated heterocycles. The third kappa shape index (κ3) is 3.23. The zero-order valence-electron chi connectivity index (χ0n) is 10.3. The maximum absolute atomic E-state index is 7.60. The van der Waals surface area contributed by atoms with E-state index in [1.54, 1.807) is 11.8 Å². The van der Waals surface area contributed by atoms with E-state index in [4.69, 9.17) is 11.1 Å². The highest BCUT2D eigenvalue weighted by molar-refractivity contribution is 7.99. The van der Waals surface area contributed by atoms with Gasteiger partial charge in [0.2, 0.25) is 0 Å². The summed E-state index contributed by atoms with van der Waals surface area (Å²) in [6.45, 7) is 8.29. The first-order valence-electron chi connectivity index (χ1n) is 5.37. The van der Waals surface area contributed by atoms with Crippen LogP contribution in [0, 0.1) is 25.2 Å². The molecule has 0 fully saturated rings. The first kappa shape index (κ1) is 13.0. The highest BCUT2D eigenvalue weighted by atomic mass is 32.2. The summed E-state index contributed by atoms with van der Waals surface area (Å²) in [5, 5.41) is 8.49. The van der Waals surface area contributed by atoms with E-state index < -0.39 is 0 Å². The highest BCUT2D eigenvalue weighted by Gasteiger charge is 2.12. The van der Waals surface area contributed by atoms with E-state index in [2.05, 4.69) is 18.8 Å². The molecule has 1 rings (SSSR count). The summed E-state index contributed by atoms with van der Waals surface area (Å²) >= 11 is 1.68. The first-order valence-corrected chi connectivity index (χ1v) is 6.35. The number of thioether (sulfide) groups is 1. The van der Waals surface area contributed by atoms with Gasteiger partial charge in [0.1, 0.15) is 10.9 Å². The predicted molar refractivity (Wildman–Crippen MR) is 70.3 cm³/mol. The zero-order valence-corrected chi connectivity index (χ0v) is 11.1. The first-order chi connectivity index (χ1) is 7.41. The van der Waals surface area contributed by atoms with Gasteiger partial charge in [-0.05, 0) is 31.4 Å². The Labute approximate surface area is 101 Å². The molecular formula is C12H19N3S. The lowest BCUT2D eigenvalue weighted by Crippen LogP contribution is -2.15. The van der Waals surface area contributed by atoms with Crippen molar-refractivity contribution < 1.29 is 0 Å². The molecule has 0 unspecified atom stereocenters. The Balaban J connectivity index is 3.09.